The van der Waals surface area contributed by atoms with Crippen LogP contribution in [0.25, 0.3) is 0 Å². The van der Waals surface area contributed by atoms with Crippen molar-refractivity contribution in [1.82, 2.24) is 20.1 Å². The van der Waals surface area contributed by atoms with Crippen molar-refractivity contribution in [1.29, 1.82) is 0 Å². The second kappa shape index (κ2) is 8.80. The van der Waals surface area contributed by atoms with E-state index in [2.05, 4.69) is 27.8 Å². The Morgan fingerprint density at radius 2 is 2.27 bits per heavy atom. The van der Waals surface area contributed by atoms with Gasteiger partial charge in [-0.15, -0.1) is 10.2 Å². The van der Waals surface area contributed by atoms with E-state index < -0.39 is 0 Å². The predicted octanol–water partition coefficient (Wildman–Crippen LogP) is 3.23. The van der Waals surface area contributed by atoms with Crippen molar-refractivity contribution >= 4 is 11.7 Å². The number of carbonyl (C=O) groups is 1. The Hall–Kier alpha value is -2.41. The van der Waals surface area contributed by atoms with Gasteiger partial charge in [-0.2, -0.15) is 0 Å². The van der Waals surface area contributed by atoms with Crippen molar-refractivity contribution in [3.63, 3.8) is 0 Å². The van der Waals surface area contributed by atoms with Crippen LogP contribution in [0.3, 0.4) is 0 Å². The number of anilines is 1. The summed E-state index contributed by atoms with van der Waals surface area (Å²) in [5, 5.41) is 13.3. The van der Waals surface area contributed by atoms with Gasteiger partial charge in [-0.25, -0.2) is 4.79 Å². The summed E-state index contributed by atoms with van der Waals surface area (Å²) in [4.78, 5) is 12.1. The summed E-state index contributed by atoms with van der Waals surface area (Å²) in [5.41, 5.74) is 1.81. The van der Waals surface area contributed by atoms with Gasteiger partial charge in [0.15, 0.2) is 5.82 Å². The summed E-state index contributed by atoms with van der Waals surface area (Å²) in [6.07, 6.45) is 6.80. The van der Waals surface area contributed by atoms with E-state index in [0.717, 1.165) is 30.0 Å². The predicted molar refractivity (Wildman–Crippen MR) is 99.5 cm³/mol. The molecule has 1 aliphatic carbocycles. The van der Waals surface area contributed by atoms with Crippen LogP contribution < -0.4 is 10.6 Å². The van der Waals surface area contributed by atoms with E-state index in [1.807, 2.05) is 31.3 Å². The van der Waals surface area contributed by atoms with Crippen molar-refractivity contribution in [2.45, 2.75) is 51.9 Å². The third kappa shape index (κ3) is 5.29. The number of nitrogens with zero attached hydrogens (tertiary/aromatic N) is 3. The molecule has 0 saturated heterocycles. The average Bonchev–Trinajstić information content (AvgIpc) is 3.04. The number of hydrogen-bond acceptors (Lipinski definition) is 4. The molecule has 1 aromatic carbocycles. The third-order valence-electron chi connectivity index (χ3n) is 4.77. The Morgan fingerprint density at radius 1 is 1.38 bits per heavy atom. The minimum Gasteiger partial charge on any atom is -0.374 e. The van der Waals surface area contributed by atoms with Crippen LogP contribution in [-0.2, 0) is 24.9 Å². The molecule has 0 aliphatic heterocycles. The lowest BCUT2D eigenvalue weighted by molar-refractivity contribution is 0.00468. The molecular formula is C19H27N5O2. The Labute approximate surface area is 154 Å². The first-order chi connectivity index (χ1) is 12.6. The van der Waals surface area contributed by atoms with Gasteiger partial charge in [0, 0.05) is 12.7 Å². The molecule has 7 heteroatoms. The number of aromatic nitrogens is 3. The van der Waals surface area contributed by atoms with Crippen molar-refractivity contribution in [2.75, 3.05) is 5.32 Å². The molecule has 2 amide bonds. The molecule has 2 aromatic rings. The summed E-state index contributed by atoms with van der Waals surface area (Å²) in [6.45, 7) is 3.19. The first-order valence-electron chi connectivity index (χ1n) is 9.18. The van der Waals surface area contributed by atoms with Crippen LogP contribution in [0.15, 0.2) is 30.6 Å². The first kappa shape index (κ1) is 18.4. The number of amides is 2. The zero-order valence-corrected chi connectivity index (χ0v) is 15.4. The van der Waals surface area contributed by atoms with Gasteiger partial charge in [-0.1, -0.05) is 31.9 Å². The molecule has 0 unspecified atom stereocenters. The zero-order valence-electron chi connectivity index (χ0n) is 15.4. The van der Waals surface area contributed by atoms with Gasteiger partial charge in [0.25, 0.3) is 0 Å². The third-order valence-corrected chi connectivity index (χ3v) is 4.77. The summed E-state index contributed by atoms with van der Waals surface area (Å²) in [7, 11) is 1.84. The lowest BCUT2D eigenvalue weighted by atomic mass is 9.89. The maximum atomic E-state index is 12.1. The van der Waals surface area contributed by atoms with Crippen LogP contribution in [0.2, 0.25) is 0 Å². The number of benzene rings is 1. The van der Waals surface area contributed by atoms with E-state index in [0.29, 0.717) is 25.1 Å². The van der Waals surface area contributed by atoms with Crippen LogP contribution >= 0.6 is 0 Å². The molecule has 1 heterocycles. The quantitative estimate of drug-likeness (QED) is 0.832. The second-order valence-electron chi connectivity index (χ2n) is 7.07. The first-order valence-corrected chi connectivity index (χ1v) is 9.18. The van der Waals surface area contributed by atoms with Gasteiger partial charge in [0.1, 0.15) is 6.33 Å². The highest BCUT2D eigenvalue weighted by Crippen LogP contribution is 2.26. The van der Waals surface area contributed by atoms with Gasteiger partial charge < -0.3 is 19.9 Å². The molecule has 2 N–H and O–H groups in total. The molecule has 1 aromatic heterocycles. The lowest BCUT2D eigenvalue weighted by Gasteiger charge is -2.26. The fraction of sp³-hybridized carbons (Fsp3) is 0.526. The number of nitrogens with one attached hydrogen (secondary N) is 2. The second-order valence-corrected chi connectivity index (χ2v) is 7.07. The maximum Gasteiger partial charge on any atom is 0.319 e. The summed E-state index contributed by atoms with van der Waals surface area (Å²) in [5.74, 6) is 1.45. The van der Waals surface area contributed by atoms with E-state index >= 15 is 0 Å². The molecule has 0 bridgehead atoms. The monoisotopic (exact) mass is 357 g/mol. The van der Waals surface area contributed by atoms with Gasteiger partial charge in [-0.3, -0.25) is 0 Å². The molecule has 2 atom stereocenters. The van der Waals surface area contributed by atoms with Gasteiger partial charge in [0.2, 0.25) is 0 Å². The molecule has 26 heavy (non-hydrogen) atoms. The highest BCUT2D eigenvalue weighted by molar-refractivity contribution is 5.89. The van der Waals surface area contributed by atoms with Crippen molar-refractivity contribution in [3.8, 4) is 0 Å². The number of hydrogen-bond donors (Lipinski definition) is 2. The standard InChI is InChI=1S/C19H27N5O2/c1-14-5-3-8-17(9-14)26-12-15-6-4-7-16(10-15)22-19(25)20-11-18-23-21-13-24(18)2/h4,6-7,10,13-14,17H,3,5,8-9,11-12H2,1-2H3,(H2,20,22,25)/t14-,17+/m1/s1. The summed E-state index contributed by atoms with van der Waals surface area (Å²) < 4.78 is 7.83. The number of aryl methyl sites for hydroxylation is 1. The van der Waals surface area contributed by atoms with E-state index in [-0.39, 0.29) is 6.03 Å². The minimum atomic E-state index is -0.271. The molecule has 1 aliphatic rings. The summed E-state index contributed by atoms with van der Waals surface area (Å²) in [6, 6.07) is 7.50. The van der Waals surface area contributed by atoms with Crippen molar-refractivity contribution in [3.05, 3.63) is 42.0 Å². The molecular weight excluding hydrogens is 330 g/mol. The molecule has 7 nitrogen and oxygen atoms in total. The van der Waals surface area contributed by atoms with Crippen molar-refractivity contribution in [2.24, 2.45) is 13.0 Å². The van der Waals surface area contributed by atoms with Gasteiger partial charge in [0.05, 0.1) is 19.3 Å². The van der Waals surface area contributed by atoms with E-state index in [4.69, 9.17) is 4.74 Å². The molecule has 140 valence electrons. The number of ether oxygens (including phenoxy) is 1. The Bertz CT molecular complexity index is 730. The van der Waals surface area contributed by atoms with Crippen LogP contribution in [0, 0.1) is 5.92 Å². The van der Waals surface area contributed by atoms with E-state index in [1.54, 1.807) is 10.9 Å². The average molecular weight is 357 g/mol. The van der Waals surface area contributed by atoms with Crippen molar-refractivity contribution < 1.29 is 9.53 Å². The molecule has 0 radical (unpaired) electrons. The molecule has 1 saturated carbocycles. The molecule has 1 fully saturated rings. The van der Waals surface area contributed by atoms with E-state index in [9.17, 15) is 4.79 Å². The highest BCUT2D eigenvalue weighted by atomic mass is 16.5. The normalized spacial score (nSPS) is 19.9. The SMILES string of the molecule is C[C@@H]1CCC[C@H](OCc2cccc(NC(=O)NCc3nncn3C)c2)C1. The van der Waals surface area contributed by atoms with Gasteiger partial charge in [-0.05, 0) is 36.5 Å². The summed E-state index contributed by atoms with van der Waals surface area (Å²) >= 11 is 0. The minimum absolute atomic E-state index is 0.271. The van der Waals surface area contributed by atoms with Crippen LogP contribution in [0.1, 0.15) is 44.0 Å². The van der Waals surface area contributed by atoms with E-state index in [1.165, 1.54) is 12.8 Å². The Kier molecular flexibility index (Phi) is 6.22. The molecule has 0 spiro atoms. The van der Waals surface area contributed by atoms with Crippen LogP contribution in [-0.4, -0.2) is 26.9 Å². The number of rotatable bonds is 6. The number of carbonyl (C=O) groups excluding carboxylic acids is 1. The Balaban J connectivity index is 1.47. The smallest absolute Gasteiger partial charge is 0.319 e. The maximum absolute atomic E-state index is 12.1. The largest absolute Gasteiger partial charge is 0.374 e. The van der Waals surface area contributed by atoms with Crippen LogP contribution in [0.5, 0.6) is 0 Å². The highest BCUT2D eigenvalue weighted by Gasteiger charge is 2.19. The molecule has 3 rings (SSSR count). The zero-order chi connectivity index (χ0) is 18.4. The fourth-order valence-corrected chi connectivity index (χ4v) is 3.28. The Morgan fingerprint density at radius 3 is 3.04 bits per heavy atom. The van der Waals surface area contributed by atoms with Gasteiger partial charge >= 0.3 is 6.03 Å². The van der Waals surface area contributed by atoms with Crippen LogP contribution in [0.4, 0.5) is 10.5 Å². The lowest BCUT2D eigenvalue weighted by Crippen LogP contribution is -2.29. The number of urea groups is 1. The topological polar surface area (TPSA) is 81.1 Å². The fourth-order valence-electron chi connectivity index (χ4n) is 3.28.